The second kappa shape index (κ2) is 14.3. The van der Waals surface area contributed by atoms with E-state index >= 15 is 0 Å². The van der Waals surface area contributed by atoms with Gasteiger partial charge in [0.05, 0.1) is 11.5 Å². The first-order valence-corrected chi connectivity index (χ1v) is 16.2. The lowest BCUT2D eigenvalue weighted by Gasteiger charge is -2.48. The van der Waals surface area contributed by atoms with Gasteiger partial charge < -0.3 is 20.9 Å². The van der Waals surface area contributed by atoms with Crippen molar-refractivity contribution in [3.05, 3.63) is 71.3 Å². The summed E-state index contributed by atoms with van der Waals surface area (Å²) in [5.74, 6) is 0.125. The Bertz CT molecular complexity index is 1220. The standard InChI is InChI=1S/C35H49ClN4O3/c1-6-25-22-29(37-23-26(25)7-2)31(41)38-30(21-24-13-15-28(36)16-14-24)32(42)40-19-17-35(18-20-40,27-11-9-8-10-12-27)33(43)39-34(3,4)5/h6-7,13-16,27,29-30,37H,1-2,8-12,17-23H2,3-5H3,(H,38,41)(H,39,43)/t29?,30-/m1/s1. The topological polar surface area (TPSA) is 90.5 Å². The molecule has 2 atom stereocenters. The highest BCUT2D eigenvalue weighted by molar-refractivity contribution is 6.30. The molecule has 0 aromatic heterocycles. The zero-order chi connectivity index (χ0) is 31.2. The van der Waals surface area contributed by atoms with E-state index in [2.05, 4.69) is 29.1 Å². The van der Waals surface area contributed by atoms with Crippen molar-refractivity contribution in [1.29, 1.82) is 0 Å². The van der Waals surface area contributed by atoms with Gasteiger partial charge in [-0.25, -0.2) is 0 Å². The van der Waals surface area contributed by atoms with Crippen LogP contribution in [0.5, 0.6) is 0 Å². The predicted molar refractivity (Wildman–Crippen MR) is 174 cm³/mol. The molecule has 1 aliphatic carbocycles. The molecule has 43 heavy (non-hydrogen) atoms. The monoisotopic (exact) mass is 608 g/mol. The Morgan fingerprint density at radius 2 is 1.67 bits per heavy atom. The summed E-state index contributed by atoms with van der Waals surface area (Å²) in [4.78, 5) is 43.3. The first-order valence-electron chi connectivity index (χ1n) is 15.8. The molecular weight excluding hydrogens is 560 g/mol. The number of amides is 3. The van der Waals surface area contributed by atoms with E-state index in [9.17, 15) is 14.4 Å². The molecule has 8 heteroatoms. The van der Waals surface area contributed by atoms with Crippen molar-refractivity contribution in [2.24, 2.45) is 11.3 Å². The number of nitrogens with zero attached hydrogens (tertiary/aromatic N) is 1. The number of likely N-dealkylation sites (tertiary alicyclic amines) is 1. The molecule has 1 unspecified atom stereocenters. The van der Waals surface area contributed by atoms with Crippen molar-refractivity contribution < 1.29 is 14.4 Å². The number of carbonyl (C=O) groups is 3. The summed E-state index contributed by atoms with van der Waals surface area (Å²) in [6.07, 6.45) is 11.3. The number of benzene rings is 1. The fraction of sp³-hybridized carbons (Fsp3) is 0.571. The van der Waals surface area contributed by atoms with E-state index in [0.29, 0.717) is 56.3 Å². The highest BCUT2D eigenvalue weighted by Gasteiger charge is 2.49. The van der Waals surface area contributed by atoms with Gasteiger partial charge in [0, 0.05) is 36.6 Å². The van der Waals surface area contributed by atoms with E-state index in [1.54, 1.807) is 24.3 Å². The van der Waals surface area contributed by atoms with E-state index in [0.717, 1.165) is 42.4 Å². The highest BCUT2D eigenvalue weighted by Crippen LogP contribution is 2.46. The summed E-state index contributed by atoms with van der Waals surface area (Å²) in [7, 11) is 0. The fourth-order valence-electron chi connectivity index (χ4n) is 6.99. The van der Waals surface area contributed by atoms with Gasteiger partial charge in [-0.15, -0.1) is 0 Å². The van der Waals surface area contributed by atoms with Gasteiger partial charge in [-0.2, -0.15) is 0 Å². The molecule has 7 nitrogen and oxygen atoms in total. The maximum Gasteiger partial charge on any atom is 0.245 e. The summed E-state index contributed by atoms with van der Waals surface area (Å²) in [6.45, 7) is 15.3. The highest BCUT2D eigenvalue weighted by atomic mass is 35.5. The van der Waals surface area contributed by atoms with Crippen molar-refractivity contribution >= 4 is 29.3 Å². The Kier molecular flexibility index (Phi) is 10.9. The average molecular weight is 609 g/mol. The molecule has 2 heterocycles. The average Bonchev–Trinajstić information content (AvgIpc) is 3.00. The summed E-state index contributed by atoms with van der Waals surface area (Å²) >= 11 is 6.12. The first kappa shape index (κ1) is 33.0. The zero-order valence-electron chi connectivity index (χ0n) is 26.1. The number of halogens is 1. The molecule has 0 spiro atoms. The lowest BCUT2D eigenvalue weighted by atomic mass is 9.63. The van der Waals surface area contributed by atoms with E-state index in [1.165, 1.54) is 6.42 Å². The minimum atomic E-state index is -0.738. The van der Waals surface area contributed by atoms with Gasteiger partial charge in [-0.1, -0.05) is 68.3 Å². The smallest absolute Gasteiger partial charge is 0.245 e. The molecule has 0 radical (unpaired) electrons. The molecular formula is C35H49ClN4O3. The molecule has 1 saturated heterocycles. The van der Waals surface area contributed by atoms with Crippen molar-refractivity contribution in [3.8, 4) is 0 Å². The maximum atomic E-state index is 14.1. The Morgan fingerprint density at radius 3 is 2.26 bits per heavy atom. The zero-order valence-corrected chi connectivity index (χ0v) is 26.9. The SMILES string of the molecule is C=CC1=C(C=C)CC(C(=O)N[C@H](Cc2ccc(Cl)cc2)C(=O)N2CCC(C(=O)NC(C)(C)C)(C3CCCCC3)CC2)NC1. The third-order valence-corrected chi connectivity index (χ3v) is 9.70. The van der Waals surface area contributed by atoms with Crippen molar-refractivity contribution in [2.75, 3.05) is 19.6 Å². The van der Waals surface area contributed by atoms with Crippen molar-refractivity contribution in [2.45, 2.75) is 96.2 Å². The predicted octanol–water partition coefficient (Wildman–Crippen LogP) is 5.50. The van der Waals surface area contributed by atoms with Crippen molar-refractivity contribution in [3.63, 3.8) is 0 Å². The molecule has 3 amide bonds. The second-order valence-electron chi connectivity index (χ2n) is 13.5. The molecule has 1 saturated carbocycles. The minimum absolute atomic E-state index is 0.112. The van der Waals surface area contributed by atoms with Crippen LogP contribution in [0.2, 0.25) is 5.02 Å². The van der Waals surface area contributed by atoms with E-state index < -0.39 is 17.5 Å². The molecule has 1 aromatic carbocycles. The van der Waals surface area contributed by atoms with Crippen LogP contribution in [0.1, 0.15) is 77.7 Å². The quantitative estimate of drug-likeness (QED) is 0.345. The fourth-order valence-corrected chi connectivity index (χ4v) is 7.11. The lowest BCUT2D eigenvalue weighted by Crippen LogP contribution is -2.60. The van der Waals surface area contributed by atoms with Gasteiger partial charge in [0.25, 0.3) is 0 Å². The van der Waals surface area contributed by atoms with E-state index in [1.807, 2.05) is 37.8 Å². The number of piperidine rings is 1. The maximum absolute atomic E-state index is 14.1. The van der Waals surface area contributed by atoms with Gasteiger partial charge in [-0.3, -0.25) is 14.4 Å². The van der Waals surface area contributed by atoms with Crippen molar-refractivity contribution in [1.82, 2.24) is 20.9 Å². The van der Waals surface area contributed by atoms with Crippen LogP contribution in [0, 0.1) is 11.3 Å². The van der Waals surface area contributed by atoms with Crippen LogP contribution < -0.4 is 16.0 Å². The van der Waals surface area contributed by atoms with Gasteiger partial charge in [0.15, 0.2) is 0 Å². The second-order valence-corrected chi connectivity index (χ2v) is 13.9. The van der Waals surface area contributed by atoms with E-state index in [-0.39, 0.29) is 23.3 Å². The largest absolute Gasteiger partial charge is 0.351 e. The third kappa shape index (κ3) is 8.18. The number of hydrogen-bond donors (Lipinski definition) is 3. The van der Waals surface area contributed by atoms with Crippen LogP contribution >= 0.6 is 11.6 Å². The van der Waals surface area contributed by atoms with Gasteiger partial charge in [-0.05, 0) is 87.6 Å². The molecule has 2 aliphatic heterocycles. The normalized spacial score (nSPS) is 22.0. The van der Waals surface area contributed by atoms with Crippen LogP contribution in [0.15, 0.2) is 60.7 Å². The molecule has 3 aliphatic rings. The van der Waals surface area contributed by atoms with Crippen LogP contribution in [0.25, 0.3) is 0 Å². The molecule has 4 rings (SSSR count). The molecule has 2 fully saturated rings. The van der Waals surface area contributed by atoms with Gasteiger partial charge in [0.2, 0.25) is 17.7 Å². The lowest BCUT2D eigenvalue weighted by molar-refractivity contribution is -0.147. The Morgan fingerprint density at radius 1 is 1.05 bits per heavy atom. The summed E-state index contributed by atoms with van der Waals surface area (Å²) in [5, 5.41) is 10.2. The van der Waals surface area contributed by atoms with Crippen LogP contribution in [-0.4, -0.2) is 59.9 Å². The molecule has 3 N–H and O–H groups in total. The number of nitrogens with one attached hydrogen (secondary N) is 3. The molecule has 0 bridgehead atoms. The number of hydrogen-bond acceptors (Lipinski definition) is 4. The van der Waals surface area contributed by atoms with E-state index in [4.69, 9.17) is 11.6 Å². The van der Waals surface area contributed by atoms with Crippen LogP contribution in [0.3, 0.4) is 0 Å². The first-order chi connectivity index (χ1) is 20.5. The number of allylic oxidation sites excluding steroid dienone is 1. The summed E-state index contributed by atoms with van der Waals surface area (Å²) in [5.41, 5.74) is 2.14. The van der Waals surface area contributed by atoms with Gasteiger partial charge >= 0.3 is 0 Å². The summed E-state index contributed by atoms with van der Waals surface area (Å²) in [6, 6.07) is 6.17. The number of rotatable bonds is 9. The minimum Gasteiger partial charge on any atom is -0.351 e. The molecule has 1 aromatic rings. The Hall–Kier alpha value is -2.90. The van der Waals surface area contributed by atoms with Gasteiger partial charge in [0.1, 0.15) is 6.04 Å². The van der Waals surface area contributed by atoms with Crippen LogP contribution in [0.4, 0.5) is 0 Å². The summed E-state index contributed by atoms with van der Waals surface area (Å²) < 4.78 is 0. The third-order valence-electron chi connectivity index (χ3n) is 9.45. The Labute approximate surface area is 262 Å². The molecule has 234 valence electrons. The Balaban J connectivity index is 1.52. The van der Waals surface area contributed by atoms with Crippen LogP contribution in [-0.2, 0) is 20.8 Å². The number of carbonyl (C=O) groups excluding carboxylic acids is 3.